The first-order valence-electron chi connectivity index (χ1n) is 7.53. The maximum atomic E-state index is 10.5. The van der Waals surface area contributed by atoms with Crippen LogP contribution in [0.1, 0.15) is 44.7 Å². The number of rotatable bonds is 4. The third kappa shape index (κ3) is 2.40. The maximum absolute atomic E-state index is 10.5. The summed E-state index contributed by atoms with van der Waals surface area (Å²) >= 11 is 0. The van der Waals surface area contributed by atoms with Crippen LogP contribution in [0.2, 0.25) is 0 Å². The highest BCUT2D eigenvalue weighted by molar-refractivity contribution is 5.89. The van der Waals surface area contributed by atoms with Gasteiger partial charge >= 0.3 is 0 Å². The summed E-state index contributed by atoms with van der Waals surface area (Å²) in [4.78, 5) is 0. The summed E-state index contributed by atoms with van der Waals surface area (Å²) in [5, 5.41) is 16.1. The van der Waals surface area contributed by atoms with Crippen LogP contribution < -0.4 is 5.32 Å². The lowest BCUT2D eigenvalue weighted by Gasteiger charge is -2.39. The van der Waals surface area contributed by atoms with E-state index in [9.17, 15) is 5.11 Å². The molecule has 3 rings (SSSR count). The molecule has 0 saturated heterocycles. The maximum Gasteiger partial charge on any atom is 0.128 e. The first-order chi connectivity index (χ1) is 9.59. The summed E-state index contributed by atoms with van der Waals surface area (Å²) in [5.74, 6) is 0.418. The van der Waals surface area contributed by atoms with Crippen LogP contribution in [0.4, 0.5) is 0 Å². The minimum Gasteiger partial charge on any atom is -0.507 e. The van der Waals surface area contributed by atoms with Gasteiger partial charge in [0.2, 0.25) is 0 Å². The van der Waals surface area contributed by atoms with Crippen LogP contribution in [0.5, 0.6) is 5.75 Å². The van der Waals surface area contributed by atoms with Crippen LogP contribution in [0, 0.1) is 5.41 Å². The minimum absolute atomic E-state index is 0.178. The van der Waals surface area contributed by atoms with Crippen molar-refractivity contribution in [2.24, 2.45) is 5.41 Å². The zero-order valence-electron chi connectivity index (χ0n) is 12.3. The van der Waals surface area contributed by atoms with E-state index in [2.05, 4.69) is 25.2 Å². The van der Waals surface area contributed by atoms with E-state index in [-0.39, 0.29) is 6.04 Å². The van der Waals surface area contributed by atoms with Gasteiger partial charge in [-0.05, 0) is 30.6 Å². The average molecular weight is 269 g/mol. The molecule has 0 aliphatic heterocycles. The van der Waals surface area contributed by atoms with Crippen molar-refractivity contribution < 1.29 is 5.11 Å². The van der Waals surface area contributed by atoms with E-state index in [4.69, 9.17) is 0 Å². The predicted octanol–water partition coefficient (Wildman–Crippen LogP) is 4.39. The molecule has 20 heavy (non-hydrogen) atoms. The molecular weight excluding hydrogens is 246 g/mol. The zero-order valence-corrected chi connectivity index (χ0v) is 12.3. The van der Waals surface area contributed by atoms with Crippen LogP contribution in [0.25, 0.3) is 10.8 Å². The molecule has 0 spiro atoms. The summed E-state index contributed by atoms with van der Waals surface area (Å²) in [6, 6.07) is 12.3. The number of phenolic OH excluding ortho intramolecular Hbond substituents is 1. The van der Waals surface area contributed by atoms with Gasteiger partial charge < -0.3 is 10.4 Å². The second kappa shape index (κ2) is 5.10. The molecule has 2 aromatic carbocycles. The molecular formula is C18H23NO. The molecule has 2 heteroatoms. The van der Waals surface area contributed by atoms with Crippen molar-refractivity contribution in [1.29, 1.82) is 0 Å². The third-order valence-corrected chi connectivity index (χ3v) is 4.79. The summed E-state index contributed by atoms with van der Waals surface area (Å²) in [6.45, 7) is 5.50. The zero-order chi connectivity index (χ0) is 14.2. The lowest BCUT2D eigenvalue weighted by Crippen LogP contribution is -2.38. The Hall–Kier alpha value is -1.54. The van der Waals surface area contributed by atoms with E-state index in [1.165, 1.54) is 19.3 Å². The van der Waals surface area contributed by atoms with Gasteiger partial charge in [-0.3, -0.25) is 0 Å². The van der Waals surface area contributed by atoms with Gasteiger partial charge in [0.1, 0.15) is 5.75 Å². The fraction of sp³-hybridized carbons (Fsp3) is 0.444. The number of benzene rings is 2. The van der Waals surface area contributed by atoms with Gasteiger partial charge in [0.25, 0.3) is 0 Å². The quantitative estimate of drug-likeness (QED) is 0.863. The van der Waals surface area contributed by atoms with Gasteiger partial charge in [-0.1, -0.05) is 49.7 Å². The fourth-order valence-corrected chi connectivity index (χ4v) is 3.09. The Morgan fingerprint density at radius 3 is 2.65 bits per heavy atom. The first kappa shape index (κ1) is 13.4. The van der Waals surface area contributed by atoms with Crippen molar-refractivity contribution >= 4 is 10.8 Å². The summed E-state index contributed by atoms with van der Waals surface area (Å²) in [6.07, 6.45) is 3.99. The highest BCUT2D eigenvalue weighted by Gasteiger charge is 2.31. The monoisotopic (exact) mass is 269 g/mol. The van der Waals surface area contributed by atoms with Crippen LogP contribution >= 0.6 is 0 Å². The number of aromatic hydroxyl groups is 1. The SMILES string of the molecule is CC(NCC1(C)CCC1)c1ccc2ccccc2c1O. The average Bonchev–Trinajstić information content (AvgIpc) is 2.43. The Balaban J connectivity index is 1.80. The highest BCUT2D eigenvalue weighted by Crippen LogP contribution is 2.40. The van der Waals surface area contributed by atoms with E-state index in [0.29, 0.717) is 11.2 Å². The minimum atomic E-state index is 0.178. The number of hydrogen-bond donors (Lipinski definition) is 2. The molecule has 1 atom stereocenters. The van der Waals surface area contributed by atoms with Gasteiger partial charge in [0.15, 0.2) is 0 Å². The molecule has 1 saturated carbocycles. The molecule has 1 aliphatic carbocycles. The van der Waals surface area contributed by atoms with Crippen LogP contribution in [-0.2, 0) is 0 Å². The van der Waals surface area contributed by atoms with Gasteiger partial charge in [-0.25, -0.2) is 0 Å². The molecule has 0 aromatic heterocycles. The highest BCUT2D eigenvalue weighted by atomic mass is 16.3. The Labute approximate surface area is 120 Å². The Bertz CT molecular complexity index is 616. The lowest BCUT2D eigenvalue weighted by molar-refractivity contribution is 0.152. The number of phenols is 1. The Morgan fingerprint density at radius 2 is 1.95 bits per heavy atom. The van der Waals surface area contributed by atoms with Gasteiger partial charge in [-0.2, -0.15) is 0 Å². The molecule has 2 aromatic rings. The van der Waals surface area contributed by atoms with Crippen LogP contribution in [0.3, 0.4) is 0 Å². The van der Waals surface area contributed by atoms with Gasteiger partial charge in [0.05, 0.1) is 0 Å². The molecule has 1 aliphatic rings. The van der Waals surface area contributed by atoms with E-state index in [1.54, 1.807) is 0 Å². The van der Waals surface area contributed by atoms with Crippen molar-refractivity contribution in [2.75, 3.05) is 6.54 Å². The summed E-state index contributed by atoms with van der Waals surface area (Å²) in [7, 11) is 0. The van der Waals surface area contributed by atoms with E-state index >= 15 is 0 Å². The van der Waals surface area contributed by atoms with Crippen LogP contribution in [0.15, 0.2) is 36.4 Å². The predicted molar refractivity (Wildman–Crippen MR) is 84.0 cm³/mol. The second-order valence-corrected chi connectivity index (χ2v) is 6.49. The molecule has 0 amide bonds. The van der Waals surface area contributed by atoms with Crippen molar-refractivity contribution in [3.63, 3.8) is 0 Å². The summed E-state index contributed by atoms with van der Waals surface area (Å²) < 4.78 is 0. The molecule has 0 bridgehead atoms. The van der Waals surface area contributed by atoms with Crippen LogP contribution in [-0.4, -0.2) is 11.7 Å². The van der Waals surface area contributed by atoms with Gasteiger partial charge in [-0.15, -0.1) is 0 Å². The first-order valence-corrected chi connectivity index (χ1v) is 7.53. The molecule has 106 valence electrons. The Morgan fingerprint density at radius 1 is 1.20 bits per heavy atom. The molecule has 1 unspecified atom stereocenters. The standard InChI is InChI=1S/C18H23NO/c1-13(19-12-18(2)10-5-11-18)15-9-8-14-6-3-4-7-16(14)17(15)20/h3-4,6-9,13,19-20H,5,10-12H2,1-2H3. The lowest BCUT2D eigenvalue weighted by atomic mass is 9.70. The Kier molecular flexibility index (Phi) is 3.43. The fourth-order valence-electron chi connectivity index (χ4n) is 3.09. The second-order valence-electron chi connectivity index (χ2n) is 6.49. The van der Waals surface area contributed by atoms with E-state index < -0.39 is 0 Å². The normalized spacial score (nSPS) is 18.7. The summed E-state index contributed by atoms with van der Waals surface area (Å²) in [5.41, 5.74) is 1.45. The molecule has 1 fully saturated rings. The van der Waals surface area contributed by atoms with Crippen molar-refractivity contribution in [3.05, 3.63) is 42.0 Å². The largest absolute Gasteiger partial charge is 0.507 e. The van der Waals surface area contributed by atoms with E-state index in [1.807, 2.05) is 30.3 Å². The number of nitrogens with one attached hydrogen (secondary N) is 1. The van der Waals surface area contributed by atoms with Gasteiger partial charge in [0, 0.05) is 23.5 Å². The molecule has 2 nitrogen and oxygen atoms in total. The molecule has 0 radical (unpaired) electrons. The number of hydrogen-bond acceptors (Lipinski definition) is 2. The van der Waals surface area contributed by atoms with E-state index in [0.717, 1.165) is 22.9 Å². The smallest absolute Gasteiger partial charge is 0.128 e. The van der Waals surface area contributed by atoms with Crippen molar-refractivity contribution in [2.45, 2.75) is 39.2 Å². The molecule has 2 N–H and O–H groups in total. The topological polar surface area (TPSA) is 32.3 Å². The van der Waals surface area contributed by atoms with Crippen molar-refractivity contribution in [1.82, 2.24) is 5.32 Å². The number of fused-ring (bicyclic) bond motifs is 1. The molecule has 0 heterocycles. The van der Waals surface area contributed by atoms with Crippen molar-refractivity contribution in [3.8, 4) is 5.75 Å². The third-order valence-electron chi connectivity index (χ3n) is 4.79.